The Kier molecular flexibility index (Phi) is 6.02. The summed E-state index contributed by atoms with van der Waals surface area (Å²) in [6.45, 7) is 6.32. The van der Waals surface area contributed by atoms with Crippen LogP contribution in [0.5, 0.6) is 0 Å². The number of hydrogen-bond donors (Lipinski definition) is 2. The topological polar surface area (TPSA) is 102 Å². The summed E-state index contributed by atoms with van der Waals surface area (Å²) >= 11 is 1.21. The first-order chi connectivity index (χ1) is 11.4. The lowest BCUT2D eigenvalue weighted by molar-refractivity contribution is -0.117. The second-order valence-electron chi connectivity index (χ2n) is 5.70. The molecule has 2 heterocycles. The zero-order valence-electron chi connectivity index (χ0n) is 14.1. The lowest BCUT2D eigenvalue weighted by atomic mass is 10.2. The van der Waals surface area contributed by atoms with Gasteiger partial charge in [-0.3, -0.25) is 10.1 Å². The molecule has 0 aromatic carbocycles. The Bertz CT molecular complexity index is 723. The van der Waals surface area contributed by atoms with Crippen LogP contribution in [-0.2, 0) is 11.8 Å². The number of imide groups is 1. The molecule has 0 aliphatic heterocycles. The minimum absolute atomic E-state index is 0.0748. The average molecular weight is 351 g/mol. The van der Waals surface area contributed by atoms with Gasteiger partial charge >= 0.3 is 6.03 Å². The third-order valence-corrected chi connectivity index (χ3v) is 4.21. The molecule has 0 aliphatic rings. The lowest BCUT2D eigenvalue weighted by Crippen LogP contribution is -2.41. The second-order valence-corrected chi connectivity index (χ2v) is 6.64. The van der Waals surface area contributed by atoms with Crippen molar-refractivity contribution in [3.8, 4) is 11.4 Å². The van der Waals surface area contributed by atoms with Crippen molar-refractivity contribution >= 4 is 23.7 Å². The first-order valence-electron chi connectivity index (χ1n) is 7.52. The molecule has 0 saturated heterocycles. The SMILES string of the molecule is Cc1occc1-c1nnc(SCC(=O)NC(=O)NCC(C)C)n1C. The first kappa shape index (κ1) is 18.1. The van der Waals surface area contributed by atoms with E-state index in [-0.39, 0.29) is 11.7 Å². The molecule has 2 aromatic heterocycles. The van der Waals surface area contributed by atoms with Gasteiger partial charge in [0.2, 0.25) is 5.91 Å². The van der Waals surface area contributed by atoms with Crippen molar-refractivity contribution in [1.29, 1.82) is 0 Å². The summed E-state index contributed by atoms with van der Waals surface area (Å²) in [5.74, 6) is 1.43. The Hall–Kier alpha value is -2.29. The molecule has 0 radical (unpaired) electrons. The van der Waals surface area contributed by atoms with E-state index >= 15 is 0 Å². The maximum atomic E-state index is 11.8. The molecule has 0 aliphatic carbocycles. The highest BCUT2D eigenvalue weighted by atomic mass is 32.2. The molecule has 3 amide bonds. The van der Waals surface area contributed by atoms with Gasteiger partial charge in [0.25, 0.3) is 0 Å². The van der Waals surface area contributed by atoms with Crippen LogP contribution in [0.25, 0.3) is 11.4 Å². The van der Waals surface area contributed by atoms with Gasteiger partial charge in [-0.05, 0) is 18.9 Å². The van der Waals surface area contributed by atoms with Crippen LogP contribution in [0.4, 0.5) is 4.79 Å². The van der Waals surface area contributed by atoms with Gasteiger partial charge in [-0.2, -0.15) is 0 Å². The molecule has 8 nitrogen and oxygen atoms in total. The van der Waals surface area contributed by atoms with Crippen molar-refractivity contribution in [1.82, 2.24) is 25.4 Å². The maximum absolute atomic E-state index is 11.8. The number of hydrogen-bond acceptors (Lipinski definition) is 6. The summed E-state index contributed by atoms with van der Waals surface area (Å²) < 4.78 is 7.05. The van der Waals surface area contributed by atoms with Crippen LogP contribution in [0.15, 0.2) is 21.9 Å². The Labute approximate surface area is 144 Å². The van der Waals surface area contributed by atoms with E-state index in [0.29, 0.717) is 23.4 Å². The molecule has 2 N–H and O–H groups in total. The highest BCUT2D eigenvalue weighted by molar-refractivity contribution is 7.99. The quantitative estimate of drug-likeness (QED) is 0.771. The van der Waals surface area contributed by atoms with Crippen LogP contribution in [0.2, 0.25) is 0 Å². The van der Waals surface area contributed by atoms with Crippen LogP contribution in [0, 0.1) is 12.8 Å². The van der Waals surface area contributed by atoms with Gasteiger partial charge in [-0.1, -0.05) is 25.6 Å². The summed E-state index contributed by atoms with van der Waals surface area (Å²) in [5.41, 5.74) is 0.856. The lowest BCUT2D eigenvalue weighted by Gasteiger charge is -2.08. The van der Waals surface area contributed by atoms with Gasteiger partial charge in [0.05, 0.1) is 17.6 Å². The van der Waals surface area contributed by atoms with Gasteiger partial charge in [0.15, 0.2) is 11.0 Å². The van der Waals surface area contributed by atoms with Crippen molar-refractivity contribution in [2.24, 2.45) is 13.0 Å². The summed E-state index contributed by atoms with van der Waals surface area (Å²) in [5, 5.41) is 13.7. The highest BCUT2D eigenvalue weighted by Gasteiger charge is 2.16. The molecular formula is C15H21N5O3S. The number of amides is 3. The number of aromatic nitrogens is 3. The number of nitrogens with zero attached hydrogens (tertiary/aromatic N) is 3. The predicted molar refractivity (Wildman–Crippen MR) is 90.5 cm³/mol. The van der Waals surface area contributed by atoms with Crippen molar-refractivity contribution < 1.29 is 14.0 Å². The monoisotopic (exact) mass is 351 g/mol. The maximum Gasteiger partial charge on any atom is 0.321 e. The number of thioether (sulfide) groups is 1. The number of carbonyl (C=O) groups excluding carboxylic acids is 2. The molecule has 0 atom stereocenters. The van der Waals surface area contributed by atoms with Gasteiger partial charge < -0.3 is 14.3 Å². The van der Waals surface area contributed by atoms with E-state index in [4.69, 9.17) is 4.42 Å². The van der Waals surface area contributed by atoms with Gasteiger partial charge in [0, 0.05) is 13.6 Å². The normalized spacial score (nSPS) is 10.9. The molecule has 130 valence electrons. The molecule has 0 spiro atoms. The smallest absolute Gasteiger partial charge is 0.321 e. The minimum Gasteiger partial charge on any atom is -0.469 e. The van der Waals surface area contributed by atoms with Crippen LogP contribution in [-0.4, -0.2) is 39.0 Å². The number of rotatable bonds is 6. The highest BCUT2D eigenvalue weighted by Crippen LogP contribution is 2.25. The summed E-state index contributed by atoms with van der Waals surface area (Å²) in [6.07, 6.45) is 1.59. The van der Waals surface area contributed by atoms with E-state index in [9.17, 15) is 9.59 Å². The second kappa shape index (κ2) is 8.00. The van der Waals surface area contributed by atoms with Crippen LogP contribution in [0.1, 0.15) is 19.6 Å². The molecule has 9 heteroatoms. The van der Waals surface area contributed by atoms with Crippen LogP contribution >= 0.6 is 11.8 Å². The molecule has 0 unspecified atom stereocenters. The Morgan fingerprint density at radius 3 is 2.75 bits per heavy atom. The first-order valence-corrected chi connectivity index (χ1v) is 8.51. The van der Waals surface area contributed by atoms with Crippen molar-refractivity contribution in [2.75, 3.05) is 12.3 Å². The Balaban J connectivity index is 1.89. The van der Waals surface area contributed by atoms with E-state index < -0.39 is 6.03 Å². The predicted octanol–water partition coefficient (Wildman–Crippen LogP) is 1.96. The van der Waals surface area contributed by atoms with Gasteiger partial charge in [-0.15, -0.1) is 10.2 Å². The number of carbonyl (C=O) groups is 2. The molecule has 2 rings (SSSR count). The fourth-order valence-electron chi connectivity index (χ4n) is 1.93. The number of nitrogens with one attached hydrogen (secondary N) is 2. The zero-order valence-corrected chi connectivity index (χ0v) is 14.9. The van der Waals surface area contributed by atoms with Crippen LogP contribution < -0.4 is 10.6 Å². The molecule has 0 bridgehead atoms. The van der Waals surface area contributed by atoms with E-state index in [1.54, 1.807) is 10.8 Å². The fourth-order valence-corrected chi connectivity index (χ4v) is 2.64. The fraction of sp³-hybridized carbons (Fsp3) is 0.467. The number of urea groups is 1. The average Bonchev–Trinajstić information content (AvgIpc) is 3.09. The summed E-state index contributed by atoms with van der Waals surface area (Å²) in [4.78, 5) is 23.3. The summed E-state index contributed by atoms with van der Waals surface area (Å²) in [7, 11) is 1.82. The van der Waals surface area contributed by atoms with E-state index in [2.05, 4.69) is 20.8 Å². The third kappa shape index (κ3) is 4.60. The molecular weight excluding hydrogens is 330 g/mol. The Morgan fingerprint density at radius 2 is 2.12 bits per heavy atom. The van der Waals surface area contributed by atoms with E-state index in [0.717, 1.165) is 11.3 Å². The molecule has 2 aromatic rings. The number of furan rings is 1. The van der Waals surface area contributed by atoms with E-state index in [1.165, 1.54) is 11.8 Å². The molecule has 24 heavy (non-hydrogen) atoms. The third-order valence-electron chi connectivity index (χ3n) is 3.19. The largest absolute Gasteiger partial charge is 0.469 e. The number of aryl methyl sites for hydroxylation is 1. The minimum atomic E-state index is -0.484. The summed E-state index contributed by atoms with van der Waals surface area (Å²) in [6, 6.07) is 1.33. The molecule has 0 fully saturated rings. The van der Waals surface area contributed by atoms with Crippen LogP contribution in [0.3, 0.4) is 0 Å². The van der Waals surface area contributed by atoms with E-state index in [1.807, 2.05) is 33.9 Å². The Morgan fingerprint density at radius 1 is 1.38 bits per heavy atom. The van der Waals surface area contributed by atoms with Crippen molar-refractivity contribution in [3.63, 3.8) is 0 Å². The molecule has 0 saturated carbocycles. The van der Waals surface area contributed by atoms with Gasteiger partial charge in [0.1, 0.15) is 5.76 Å². The van der Waals surface area contributed by atoms with Gasteiger partial charge in [-0.25, -0.2) is 4.79 Å². The van der Waals surface area contributed by atoms with Crippen molar-refractivity contribution in [2.45, 2.75) is 25.9 Å². The van der Waals surface area contributed by atoms with Crippen molar-refractivity contribution in [3.05, 3.63) is 18.1 Å². The standard InChI is InChI=1S/C15H21N5O3S/c1-9(2)7-16-14(22)17-12(21)8-24-15-19-18-13(20(15)4)11-5-6-23-10(11)3/h5-6,9H,7-8H2,1-4H3,(H2,16,17,21,22). The zero-order chi connectivity index (χ0) is 17.7.